The van der Waals surface area contributed by atoms with E-state index in [0.29, 0.717) is 16.7 Å². The molecule has 2 aromatic carbocycles. The van der Waals surface area contributed by atoms with E-state index < -0.39 is 5.91 Å². The first-order valence-corrected chi connectivity index (χ1v) is 7.06. The predicted octanol–water partition coefficient (Wildman–Crippen LogP) is 2.83. The Balaban J connectivity index is 1.70. The normalized spacial score (nSPS) is 10.8. The van der Waals surface area contributed by atoms with Crippen LogP contribution in [0.15, 0.2) is 60.8 Å². The summed E-state index contributed by atoms with van der Waals surface area (Å²) in [7, 11) is 0. The number of carbonyl (C=O) groups is 1. The third-order valence-electron chi connectivity index (χ3n) is 3.44. The standard InChI is InChI=1S/C17H11N5O/c23-17(16-19-12-7-1-2-8-13(12)21-22-16)20-14-9-3-5-11-6-4-10-18-15(11)14/h1-10H,(H,20,23). The van der Waals surface area contributed by atoms with Crippen LogP contribution < -0.4 is 5.32 Å². The summed E-state index contributed by atoms with van der Waals surface area (Å²) in [6.45, 7) is 0. The summed E-state index contributed by atoms with van der Waals surface area (Å²) >= 11 is 0. The highest BCUT2D eigenvalue weighted by Gasteiger charge is 2.13. The van der Waals surface area contributed by atoms with Crippen molar-refractivity contribution >= 4 is 33.5 Å². The summed E-state index contributed by atoms with van der Waals surface area (Å²) in [5.41, 5.74) is 2.61. The lowest BCUT2D eigenvalue weighted by molar-refractivity contribution is 0.101. The first-order valence-electron chi connectivity index (χ1n) is 7.06. The largest absolute Gasteiger partial charge is 0.317 e. The maximum absolute atomic E-state index is 12.4. The fourth-order valence-electron chi connectivity index (χ4n) is 2.36. The highest BCUT2D eigenvalue weighted by Crippen LogP contribution is 2.21. The molecule has 0 aliphatic heterocycles. The van der Waals surface area contributed by atoms with Crippen LogP contribution in [0, 0.1) is 0 Å². The summed E-state index contributed by atoms with van der Waals surface area (Å²) in [5.74, 6) is -0.391. The highest BCUT2D eigenvalue weighted by molar-refractivity contribution is 6.06. The molecule has 0 aliphatic rings. The zero-order valence-corrected chi connectivity index (χ0v) is 12.0. The number of hydrogen-bond acceptors (Lipinski definition) is 5. The number of carbonyl (C=O) groups excluding carboxylic acids is 1. The zero-order chi connectivity index (χ0) is 15.6. The molecule has 0 radical (unpaired) electrons. The molecule has 4 aromatic rings. The minimum absolute atomic E-state index is 0.0247. The van der Waals surface area contributed by atoms with E-state index >= 15 is 0 Å². The minimum Gasteiger partial charge on any atom is -0.317 e. The van der Waals surface area contributed by atoms with Gasteiger partial charge in [-0.25, -0.2) is 4.98 Å². The summed E-state index contributed by atoms with van der Waals surface area (Å²) in [4.78, 5) is 20.9. The van der Waals surface area contributed by atoms with Crippen LogP contribution in [0.5, 0.6) is 0 Å². The molecule has 0 saturated carbocycles. The third kappa shape index (κ3) is 2.46. The number of anilines is 1. The number of para-hydroxylation sites is 2. The number of nitrogens with zero attached hydrogens (tertiary/aromatic N) is 4. The van der Waals surface area contributed by atoms with E-state index in [1.165, 1.54) is 0 Å². The average molecular weight is 301 g/mol. The first kappa shape index (κ1) is 13.3. The van der Waals surface area contributed by atoms with E-state index in [1.54, 1.807) is 24.4 Å². The van der Waals surface area contributed by atoms with E-state index in [2.05, 4.69) is 25.5 Å². The maximum atomic E-state index is 12.4. The zero-order valence-electron chi connectivity index (χ0n) is 12.0. The molecule has 0 spiro atoms. The van der Waals surface area contributed by atoms with E-state index in [-0.39, 0.29) is 5.82 Å². The van der Waals surface area contributed by atoms with Crippen molar-refractivity contribution in [3.63, 3.8) is 0 Å². The second kappa shape index (κ2) is 5.42. The van der Waals surface area contributed by atoms with Crippen molar-refractivity contribution in [1.82, 2.24) is 20.2 Å². The van der Waals surface area contributed by atoms with Gasteiger partial charge in [0.25, 0.3) is 5.91 Å². The number of amides is 1. The van der Waals surface area contributed by atoms with Gasteiger partial charge in [-0.2, -0.15) is 0 Å². The van der Waals surface area contributed by atoms with Gasteiger partial charge in [-0.1, -0.05) is 30.3 Å². The van der Waals surface area contributed by atoms with Gasteiger partial charge in [0, 0.05) is 11.6 Å². The molecule has 0 atom stereocenters. The monoisotopic (exact) mass is 301 g/mol. The van der Waals surface area contributed by atoms with Crippen LogP contribution in [0.3, 0.4) is 0 Å². The minimum atomic E-state index is -0.415. The molecular formula is C17H11N5O. The number of benzene rings is 2. The van der Waals surface area contributed by atoms with Gasteiger partial charge < -0.3 is 5.32 Å². The Morgan fingerprint density at radius 1 is 0.870 bits per heavy atom. The number of aromatic nitrogens is 4. The molecule has 23 heavy (non-hydrogen) atoms. The van der Waals surface area contributed by atoms with Crippen LogP contribution in [-0.2, 0) is 0 Å². The average Bonchev–Trinajstić information content (AvgIpc) is 2.61. The van der Waals surface area contributed by atoms with Crippen LogP contribution in [-0.4, -0.2) is 26.1 Å². The second-order valence-electron chi connectivity index (χ2n) is 4.96. The van der Waals surface area contributed by atoms with Crippen molar-refractivity contribution < 1.29 is 4.79 Å². The van der Waals surface area contributed by atoms with Gasteiger partial charge in [0.15, 0.2) is 0 Å². The Morgan fingerprint density at radius 3 is 2.61 bits per heavy atom. The van der Waals surface area contributed by atoms with E-state index in [1.807, 2.05) is 36.4 Å². The quantitative estimate of drug-likeness (QED) is 0.615. The lowest BCUT2D eigenvalue weighted by atomic mass is 10.2. The van der Waals surface area contributed by atoms with Crippen LogP contribution >= 0.6 is 0 Å². The Kier molecular flexibility index (Phi) is 3.12. The molecule has 6 nitrogen and oxygen atoms in total. The van der Waals surface area contributed by atoms with E-state index in [9.17, 15) is 4.79 Å². The predicted molar refractivity (Wildman–Crippen MR) is 87.0 cm³/mol. The molecule has 0 fully saturated rings. The molecule has 1 N–H and O–H groups in total. The topological polar surface area (TPSA) is 80.7 Å². The molecule has 0 saturated heterocycles. The lowest BCUT2D eigenvalue weighted by Gasteiger charge is -2.07. The van der Waals surface area contributed by atoms with Crippen LogP contribution in [0.4, 0.5) is 5.69 Å². The van der Waals surface area contributed by atoms with Gasteiger partial charge in [0.2, 0.25) is 5.82 Å². The Hall–Kier alpha value is -3.41. The fourth-order valence-corrected chi connectivity index (χ4v) is 2.36. The number of fused-ring (bicyclic) bond motifs is 2. The van der Waals surface area contributed by atoms with Gasteiger partial charge in [0.1, 0.15) is 5.52 Å². The Morgan fingerprint density at radius 2 is 1.70 bits per heavy atom. The lowest BCUT2D eigenvalue weighted by Crippen LogP contribution is -2.16. The Bertz CT molecular complexity index is 1030. The van der Waals surface area contributed by atoms with Crippen molar-refractivity contribution in [2.75, 3.05) is 5.32 Å². The summed E-state index contributed by atoms with van der Waals surface area (Å²) in [6, 6.07) is 16.7. The van der Waals surface area contributed by atoms with Gasteiger partial charge in [0.05, 0.1) is 16.7 Å². The second-order valence-corrected chi connectivity index (χ2v) is 4.96. The molecule has 0 unspecified atom stereocenters. The van der Waals surface area contributed by atoms with Gasteiger partial charge in [-0.05, 0) is 24.3 Å². The summed E-state index contributed by atoms with van der Waals surface area (Å²) in [6.07, 6.45) is 1.69. The van der Waals surface area contributed by atoms with Crippen molar-refractivity contribution in [3.8, 4) is 0 Å². The molecule has 2 aromatic heterocycles. The number of nitrogens with one attached hydrogen (secondary N) is 1. The maximum Gasteiger partial charge on any atom is 0.295 e. The van der Waals surface area contributed by atoms with Crippen LogP contribution in [0.1, 0.15) is 10.6 Å². The first-order chi connectivity index (χ1) is 11.3. The highest BCUT2D eigenvalue weighted by atomic mass is 16.2. The number of rotatable bonds is 2. The number of pyridine rings is 1. The fraction of sp³-hybridized carbons (Fsp3) is 0. The molecule has 0 aliphatic carbocycles. The van der Waals surface area contributed by atoms with Crippen LogP contribution in [0.2, 0.25) is 0 Å². The smallest absolute Gasteiger partial charge is 0.295 e. The van der Waals surface area contributed by atoms with Gasteiger partial charge in [-0.15, -0.1) is 10.2 Å². The number of hydrogen-bond donors (Lipinski definition) is 1. The molecule has 1 amide bonds. The summed E-state index contributed by atoms with van der Waals surface area (Å²) < 4.78 is 0. The van der Waals surface area contributed by atoms with Crippen molar-refractivity contribution in [2.24, 2.45) is 0 Å². The van der Waals surface area contributed by atoms with E-state index in [4.69, 9.17) is 0 Å². The molecule has 0 bridgehead atoms. The third-order valence-corrected chi connectivity index (χ3v) is 3.44. The van der Waals surface area contributed by atoms with Gasteiger partial charge >= 0.3 is 0 Å². The van der Waals surface area contributed by atoms with Crippen molar-refractivity contribution in [1.29, 1.82) is 0 Å². The molecule has 2 heterocycles. The summed E-state index contributed by atoms with van der Waals surface area (Å²) in [5, 5.41) is 11.7. The van der Waals surface area contributed by atoms with Crippen molar-refractivity contribution in [2.45, 2.75) is 0 Å². The van der Waals surface area contributed by atoms with Crippen LogP contribution in [0.25, 0.3) is 21.9 Å². The molecule has 110 valence electrons. The van der Waals surface area contributed by atoms with Crippen molar-refractivity contribution in [3.05, 3.63) is 66.6 Å². The molecule has 6 heteroatoms. The molecule has 4 rings (SSSR count). The molecular weight excluding hydrogens is 290 g/mol. The SMILES string of the molecule is O=C(Nc1cccc2cccnc12)c1nnc2ccccc2n1. The van der Waals surface area contributed by atoms with E-state index in [0.717, 1.165) is 10.9 Å². The van der Waals surface area contributed by atoms with Gasteiger partial charge in [-0.3, -0.25) is 9.78 Å². The Labute approximate surface area is 131 Å².